The van der Waals surface area contributed by atoms with Crippen LogP contribution in [0, 0.1) is 0 Å². The standard InChI is InChI=1S/C11H10N2O2/c1-2-8-15-11(14)9-4-3-6-13-7-5-12-10(9)13/h2-7H,1,8H2. The van der Waals surface area contributed by atoms with Crippen molar-refractivity contribution in [3.8, 4) is 0 Å². The summed E-state index contributed by atoms with van der Waals surface area (Å²) in [6, 6.07) is 3.47. The fraction of sp³-hybridized carbons (Fsp3) is 0.0909. The van der Waals surface area contributed by atoms with Crippen LogP contribution in [0.5, 0.6) is 0 Å². The maximum Gasteiger partial charge on any atom is 0.342 e. The molecular weight excluding hydrogens is 192 g/mol. The van der Waals surface area contributed by atoms with E-state index in [0.717, 1.165) is 0 Å². The van der Waals surface area contributed by atoms with Crippen LogP contribution in [0.15, 0.2) is 43.4 Å². The number of nitrogens with zero attached hydrogens (tertiary/aromatic N) is 2. The van der Waals surface area contributed by atoms with Crippen molar-refractivity contribution >= 4 is 11.6 Å². The van der Waals surface area contributed by atoms with Crippen LogP contribution in [-0.2, 0) is 4.74 Å². The van der Waals surface area contributed by atoms with Crippen molar-refractivity contribution < 1.29 is 9.53 Å². The fourth-order valence-electron chi connectivity index (χ4n) is 1.32. The van der Waals surface area contributed by atoms with Crippen molar-refractivity contribution in [2.75, 3.05) is 6.61 Å². The van der Waals surface area contributed by atoms with Crippen molar-refractivity contribution in [2.45, 2.75) is 0 Å². The lowest BCUT2D eigenvalue weighted by molar-refractivity contribution is 0.0551. The quantitative estimate of drug-likeness (QED) is 0.561. The Bertz CT molecular complexity index is 502. The number of fused-ring (bicyclic) bond motifs is 1. The van der Waals surface area contributed by atoms with Crippen LogP contribution in [-0.4, -0.2) is 22.0 Å². The van der Waals surface area contributed by atoms with Gasteiger partial charge in [0, 0.05) is 18.6 Å². The largest absolute Gasteiger partial charge is 0.458 e. The van der Waals surface area contributed by atoms with Gasteiger partial charge in [0.05, 0.1) is 0 Å². The summed E-state index contributed by atoms with van der Waals surface area (Å²) in [5.74, 6) is -0.383. The minimum Gasteiger partial charge on any atom is -0.458 e. The Morgan fingerprint density at radius 1 is 1.60 bits per heavy atom. The van der Waals surface area contributed by atoms with E-state index < -0.39 is 0 Å². The number of esters is 1. The van der Waals surface area contributed by atoms with E-state index in [1.165, 1.54) is 6.08 Å². The van der Waals surface area contributed by atoms with E-state index in [-0.39, 0.29) is 12.6 Å². The van der Waals surface area contributed by atoms with Gasteiger partial charge in [0.1, 0.15) is 12.2 Å². The Morgan fingerprint density at radius 3 is 3.27 bits per heavy atom. The molecule has 0 radical (unpaired) electrons. The molecule has 0 spiro atoms. The SMILES string of the molecule is C=CCOC(=O)c1cccn2ccnc12. The van der Waals surface area contributed by atoms with Gasteiger partial charge in [-0.05, 0) is 12.1 Å². The van der Waals surface area contributed by atoms with Gasteiger partial charge in [0.2, 0.25) is 0 Å². The van der Waals surface area contributed by atoms with Crippen LogP contribution in [0.4, 0.5) is 0 Å². The molecule has 0 atom stereocenters. The number of aromatic nitrogens is 2. The molecule has 2 rings (SSSR count). The van der Waals surface area contributed by atoms with Gasteiger partial charge in [-0.1, -0.05) is 12.7 Å². The molecule has 0 bridgehead atoms. The van der Waals surface area contributed by atoms with Crippen LogP contribution in [0.1, 0.15) is 10.4 Å². The molecule has 2 aromatic rings. The van der Waals surface area contributed by atoms with Gasteiger partial charge in [-0.25, -0.2) is 9.78 Å². The van der Waals surface area contributed by atoms with E-state index >= 15 is 0 Å². The van der Waals surface area contributed by atoms with E-state index in [2.05, 4.69) is 11.6 Å². The zero-order valence-corrected chi connectivity index (χ0v) is 8.09. The lowest BCUT2D eigenvalue weighted by atomic mass is 10.3. The minimum absolute atomic E-state index is 0.209. The number of carbonyl (C=O) groups excluding carboxylic acids is 1. The first kappa shape index (κ1) is 9.45. The van der Waals surface area contributed by atoms with Crippen molar-refractivity contribution in [3.05, 3.63) is 48.9 Å². The first-order valence-electron chi connectivity index (χ1n) is 4.52. The molecule has 0 aliphatic heterocycles. The van der Waals surface area contributed by atoms with E-state index in [4.69, 9.17) is 4.74 Å². The minimum atomic E-state index is -0.383. The van der Waals surface area contributed by atoms with Gasteiger partial charge in [-0.3, -0.25) is 0 Å². The molecule has 0 saturated carbocycles. The van der Waals surface area contributed by atoms with Crippen LogP contribution in [0.25, 0.3) is 5.65 Å². The summed E-state index contributed by atoms with van der Waals surface area (Å²) >= 11 is 0. The Kier molecular flexibility index (Phi) is 2.49. The van der Waals surface area contributed by atoms with Crippen LogP contribution < -0.4 is 0 Å². The Labute approximate surface area is 86.8 Å². The molecule has 0 aliphatic rings. The molecule has 0 fully saturated rings. The molecule has 2 heterocycles. The maximum atomic E-state index is 11.6. The summed E-state index contributed by atoms with van der Waals surface area (Å²) in [5.41, 5.74) is 1.07. The normalized spacial score (nSPS) is 10.1. The smallest absolute Gasteiger partial charge is 0.342 e. The predicted octanol–water partition coefficient (Wildman–Crippen LogP) is 1.68. The van der Waals surface area contributed by atoms with Crippen LogP contribution >= 0.6 is 0 Å². The summed E-state index contributed by atoms with van der Waals surface area (Å²) in [5, 5.41) is 0. The summed E-state index contributed by atoms with van der Waals surface area (Å²) in [4.78, 5) is 15.7. The van der Waals surface area contributed by atoms with Crippen molar-refractivity contribution in [2.24, 2.45) is 0 Å². The molecule has 0 saturated heterocycles. The second-order valence-electron chi connectivity index (χ2n) is 2.97. The number of hydrogen-bond donors (Lipinski definition) is 0. The molecule has 0 aromatic carbocycles. The number of carbonyl (C=O) groups is 1. The molecule has 2 aromatic heterocycles. The van der Waals surface area contributed by atoms with Gasteiger partial charge in [-0.15, -0.1) is 0 Å². The molecule has 0 aliphatic carbocycles. The summed E-state index contributed by atoms with van der Waals surface area (Å²) in [6.45, 7) is 3.69. The van der Waals surface area contributed by atoms with Gasteiger partial charge in [0.15, 0.2) is 5.65 Å². The molecule has 0 unspecified atom stereocenters. The van der Waals surface area contributed by atoms with Gasteiger partial charge in [0.25, 0.3) is 0 Å². The first-order chi connectivity index (χ1) is 7.33. The molecule has 0 N–H and O–H groups in total. The molecule has 0 amide bonds. The zero-order chi connectivity index (χ0) is 10.7. The zero-order valence-electron chi connectivity index (χ0n) is 8.09. The maximum absolute atomic E-state index is 11.6. The monoisotopic (exact) mass is 202 g/mol. The number of ether oxygens (including phenoxy) is 1. The van der Waals surface area contributed by atoms with Crippen LogP contribution in [0.2, 0.25) is 0 Å². The summed E-state index contributed by atoms with van der Waals surface area (Å²) in [6.07, 6.45) is 6.77. The average molecular weight is 202 g/mol. The summed E-state index contributed by atoms with van der Waals surface area (Å²) < 4.78 is 6.71. The highest BCUT2D eigenvalue weighted by Gasteiger charge is 2.11. The Hall–Kier alpha value is -2.10. The first-order valence-corrected chi connectivity index (χ1v) is 4.52. The third-order valence-electron chi connectivity index (χ3n) is 1.97. The van der Waals surface area contributed by atoms with Crippen LogP contribution in [0.3, 0.4) is 0 Å². The number of rotatable bonds is 3. The molecule has 4 heteroatoms. The molecule has 15 heavy (non-hydrogen) atoms. The van der Waals surface area contributed by atoms with E-state index in [1.54, 1.807) is 28.9 Å². The van der Waals surface area contributed by atoms with Gasteiger partial charge < -0.3 is 9.14 Å². The van der Waals surface area contributed by atoms with E-state index in [1.807, 2.05) is 6.20 Å². The van der Waals surface area contributed by atoms with Crippen molar-refractivity contribution in [3.63, 3.8) is 0 Å². The molecular formula is C11H10N2O2. The van der Waals surface area contributed by atoms with Gasteiger partial charge in [-0.2, -0.15) is 0 Å². The van der Waals surface area contributed by atoms with E-state index in [9.17, 15) is 4.79 Å². The number of pyridine rings is 1. The third kappa shape index (κ3) is 1.74. The molecule has 76 valence electrons. The number of imidazole rings is 1. The average Bonchev–Trinajstić information content (AvgIpc) is 2.73. The predicted molar refractivity (Wildman–Crippen MR) is 55.7 cm³/mol. The highest BCUT2D eigenvalue weighted by atomic mass is 16.5. The second-order valence-corrected chi connectivity index (χ2v) is 2.97. The Morgan fingerprint density at radius 2 is 2.47 bits per heavy atom. The topological polar surface area (TPSA) is 43.6 Å². The fourth-order valence-corrected chi connectivity index (χ4v) is 1.32. The highest BCUT2D eigenvalue weighted by Crippen LogP contribution is 2.09. The second kappa shape index (κ2) is 3.96. The van der Waals surface area contributed by atoms with E-state index in [0.29, 0.717) is 11.2 Å². The third-order valence-corrected chi connectivity index (χ3v) is 1.97. The lowest BCUT2D eigenvalue weighted by Gasteiger charge is -2.02. The van der Waals surface area contributed by atoms with Crippen molar-refractivity contribution in [1.29, 1.82) is 0 Å². The highest BCUT2D eigenvalue weighted by molar-refractivity contribution is 5.95. The molecule has 4 nitrogen and oxygen atoms in total. The van der Waals surface area contributed by atoms with Crippen molar-refractivity contribution in [1.82, 2.24) is 9.38 Å². The van der Waals surface area contributed by atoms with Gasteiger partial charge >= 0.3 is 5.97 Å². The Balaban J connectivity index is 2.38. The summed E-state index contributed by atoms with van der Waals surface area (Å²) in [7, 11) is 0. The lowest BCUT2D eigenvalue weighted by Crippen LogP contribution is -2.07. The number of hydrogen-bond acceptors (Lipinski definition) is 3.